The molecular weight excluding hydrogens is 368 g/mol. The second-order valence-electron chi connectivity index (χ2n) is 7.31. The van der Waals surface area contributed by atoms with E-state index in [1.54, 1.807) is 12.4 Å². The second kappa shape index (κ2) is 6.63. The molecule has 0 saturated carbocycles. The van der Waals surface area contributed by atoms with Gasteiger partial charge in [0.1, 0.15) is 16.4 Å². The highest BCUT2D eigenvalue weighted by molar-refractivity contribution is 7.99. The Morgan fingerprint density at radius 3 is 2.69 bits per heavy atom. The third-order valence-electron chi connectivity index (χ3n) is 4.89. The summed E-state index contributed by atoms with van der Waals surface area (Å²) in [6.45, 7) is 6.69. The summed E-state index contributed by atoms with van der Waals surface area (Å²) in [6, 6.07) is 3.86. The molecule has 0 aromatic carbocycles. The maximum atomic E-state index is 6.28. The molecule has 2 N–H and O–H groups in total. The number of halogens is 1. The SMILES string of the molecule is CC1(C)CCN(c2ncc(Sc3ccnc(N)c3Cl)n3nccc23)CC1. The van der Waals surface area contributed by atoms with Crippen LogP contribution in [0.1, 0.15) is 26.7 Å². The minimum absolute atomic E-state index is 0.328. The fourth-order valence-electron chi connectivity index (χ4n) is 3.16. The maximum absolute atomic E-state index is 6.28. The van der Waals surface area contributed by atoms with Crippen LogP contribution < -0.4 is 10.6 Å². The Morgan fingerprint density at radius 1 is 1.15 bits per heavy atom. The summed E-state index contributed by atoms with van der Waals surface area (Å²) in [5.74, 6) is 1.32. The van der Waals surface area contributed by atoms with Gasteiger partial charge < -0.3 is 10.6 Å². The molecule has 6 nitrogen and oxygen atoms in total. The summed E-state index contributed by atoms with van der Waals surface area (Å²) in [4.78, 5) is 12.0. The molecule has 0 spiro atoms. The minimum Gasteiger partial charge on any atom is -0.382 e. The van der Waals surface area contributed by atoms with Gasteiger partial charge in [-0.25, -0.2) is 14.5 Å². The Bertz CT molecular complexity index is 944. The van der Waals surface area contributed by atoms with E-state index in [4.69, 9.17) is 22.3 Å². The van der Waals surface area contributed by atoms with E-state index in [-0.39, 0.29) is 0 Å². The standard InChI is InChI=1S/C18H21ClN6S/c1-18(2)5-9-24(10-6-18)17-12-3-8-23-25(12)14(11-22-17)26-13-4-7-21-16(20)15(13)19/h3-4,7-8,11H,5-6,9-10H2,1-2H3,(H2,20,21). The van der Waals surface area contributed by atoms with Crippen LogP contribution in [0.2, 0.25) is 5.02 Å². The van der Waals surface area contributed by atoms with Gasteiger partial charge in [-0.2, -0.15) is 5.10 Å². The Morgan fingerprint density at radius 2 is 1.92 bits per heavy atom. The molecule has 0 atom stereocenters. The van der Waals surface area contributed by atoms with E-state index in [2.05, 4.69) is 28.8 Å². The van der Waals surface area contributed by atoms with Gasteiger partial charge in [0.25, 0.3) is 0 Å². The van der Waals surface area contributed by atoms with Crippen molar-refractivity contribution in [1.29, 1.82) is 0 Å². The number of nitrogens with two attached hydrogens (primary N) is 1. The number of rotatable bonds is 3. The van der Waals surface area contributed by atoms with E-state index in [1.807, 2.05) is 22.8 Å². The molecule has 0 radical (unpaired) electrons. The number of nitrogens with zero attached hydrogens (tertiary/aromatic N) is 5. The predicted molar refractivity (Wildman–Crippen MR) is 106 cm³/mol. The van der Waals surface area contributed by atoms with Crippen LogP contribution in [0.5, 0.6) is 0 Å². The first-order chi connectivity index (χ1) is 12.4. The minimum atomic E-state index is 0.328. The lowest BCUT2D eigenvalue weighted by atomic mass is 9.83. The van der Waals surface area contributed by atoms with E-state index in [0.717, 1.165) is 47.2 Å². The summed E-state index contributed by atoms with van der Waals surface area (Å²) < 4.78 is 1.92. The number of piperidine rings is 1. The summed E-state index contributed by atoms with van der Waals surface area (Å²) in [5.41, 5.74) is 7.22. The monoisotopic (exact) mass is 388 g/mol. The topological polar surface area (TPSA) is 72.3 Å². The lowest BCUT2D eigenvalue weighted by Crippen LogP contribution is -2.38. The molecule has 4 heterocycles. The van der Waals surface area contributed by atoms with Crippen LogP contribution in [-0.4, -0.2) is 32.7 Å². The van der Waals surface area contributed by atoms with Gasteiger partial charge in [0.2, 0.25) is 0 Å². The van der Waals surface area contributed by atoms with Crippen molar-refractivity contribution in [1.82, 2.24) is 19.6 Å². The van der Waals surface area contributed by atoms with Crippen LogP contribution in [0, 0.1) is 5.41 Å². The fraction of sp³-hybridized carbons (Fsp3) is 0.389. The Hall–Kier alpha value is -1.99. The van der Waals surface area contributed by atoms with E-state index < -0.39 is 0 Å². The van der Waals surface area contributed by atoms with Gasteiger partial charge in [-0.15, -0.1) is 0 Å². The van der Waals surface area contributed by atoms with Gasteiger partial charge in [0.15, 0.2) is 5.82 Å². The Labute approximate surface area is 161 Å². The van der Waals surface area contributed by atoms with Crippen molar-refractivity contribution in [2.75, 3.05) is 23.7 Å². The Balaban J connectivity index is 1.67. The highest BCUT2D eigenvalue weighted by Gasteiger charge is 2.27. The van der Waals surface area contributed by atoms with Crippen LogP contribution in [0.15, 0.2) is 40.6 Å². The molecule has 3 aromatic rings. The van der Waals surface area contributed by atoms with Gasteiger partial charge in [0.05, 0.1) is 17.4 Å². The van der Waals surface area contributed by atoms with Crippen molar-refractivity contribution < 1.29 is 0 Å². The molecule has 26 heavy (non-hydrogen) atoms. The lowest BCUT2D eigenvalue weighted by Gasteiger charge is -2.37. The lowest BCUT2D eigenvalue weighted by molar-refractivity contribution is 0.279. The molecule has 0 amide bonds. The molecule has 1 aliphatic rings. The van der Waals surface area contributed by atoms with Gasteiger partial charge in [-0.05, 0) is 30.4 Å². The van der Waals surface area contributed by atoms with Crippen molar-refractivity contribution in [3.63, 3.8) is 0 Å². The molecule has 0 unspecified atom stereocenters. The molecule has 3 aromatic heterocycles. The average molecular weight is 389 g/mol. The van der Waals surface area contributed by atoms with Gasteiger partial charge >= 0.3 is 0 Å². The molecule has 136 valence electrons. The zero-order valence-electron chi connectivity index (χ0n) is 14.8. The number of hydrogen-bond acceptors (Lipinski definition) is 6. The van der Waals surface area contributed by atoms with Gasteiger partial charge in [-0.1, -0.05) is 37.2 Å². The first-order valence-electron chi connectivity index (χ1n) is 8.60. The smallest absolute Gasteiger partial charge is 0.154 e. The molecule has 1 fully saturated rings. The Kier molecular flexibility index (Phi) is 4.44. The summed E-state index contributed by atoms with van der Waals surface area (Å²) in [5, 5.41) is 5.84. The van der Waals surface area contributed by atoms with Crippen LogP contribution >= 0.6 is 23.4 Å². The van der Waals surface area contributed by atoms with Gasteiger partial charge in [0, 0.05) is 24.2 Å². The molecular formula is C18H21ClN6S. The third-order valence-corrected chi connectivity index (χ3v) is 6.45. The molecule has 0 bridgehead atoms. The zero-order valence-corrected chi connectivity index (χ0v) is 16.4. The third kappa shape index (κ3) is 3.21. The van der Waals surface area contributed by atoms with Crippen molar-refractivity contribution in [2.24, 2.45) is 5.41 Å². The fourth-order valence-corrected chi connectivity index (χ4v) is 4.27. The quantitative estimate of drug-likeness (QED) is 0.727. The first-order valence-corrected chi connectivity index (χ1v) is 9.80. The van der Waals surface area contributed by atoms with Crippen molar-refractivity contribution in [3.05, 3.63) is 35.7 Å². The molecule has 0 aliphatic carbocycles. The number of fused-ring (bicyclic) bond motifs is 1. The van der Waals surface area contributed by atoms with Crippen molar-refractivity contribution in [3.8, 4) is 0 Å². The van der Waals surface area contributed by atoms with Crippen LogP contribution in [-0.2, 0) is 0 Å². The summed E-state index contributed by atoms with van der Waals surface area (Å²) in [7, 11) is 0. The number of hydrogen-bond donors (Lipinski definition) is 1. The van der Waals surface area contributed by atoms with Crippen LogP contribution in [0.25, 0.3) is 5.52 Å². The highest BCUT2D eigenvalue weighted by Crippen LogP contribution is 2.37. The summed E-state index contributed by atoms with van der Waals surface area (Å²) in [6.07, 6.45) is 7.64. The molecule has 4 rings (SSSR count). The molecule has 1 saturated heterocycles. The first kappa shape index (κ1) is 17.4. The van der Waals surface area contributed by atoms with Crippen LogP contribution in [0.3, 0.4) is 0 Å². The molecule has 8 heteroatoms. The normalized spacial score (nSPS) is 17.0. The van der Waals surface area contributed by atoms with E-state index in [1.165, 1.54) is 11.8 Å². The zero-order chi connectivity index (χ0) is 18.3. The molecule has 1 aliphatic heterocycles. The van der Waals surface area contributed by atoms with E-state index >= 15 is 0 Å². The van der Waals surface area contributed by atoms with Crippen molar-refractivity contribution >= 4 is 40.5 Å². The number of anilines is 2. The number of nitrogen functional groups attached to an aromatic ring is 1. The highest BCUT2D eigenvalue weighted by atomic mass is 35.5. The number of pyridine rings is 1. The van der Waals surface area contributed by atoms with E-state index in [0.29, 0.717) is 16.3 Å². The summed E-state index contributed by atoms with van der Waals surface area (Å²) >= 11 is 7.77. The predicted octanol–water partition coefficient (Wildman–Crippen LogP) is 4.14. The largest absolute Gasteiger partial charge is 0.382 e. The van der Waals surface area contributed by atoms with Crippen molar-refractivity contribution in [2.45, 2.75) is 36.6 Å². The van der Waals surface area contributed by atoms with Gasteiger partial charge in [-0.3, -0.25) is 0 Å². The van der Waals surface area contributed by atoms with E-state index in [9.17, 15) is 0 Å². The maximum Gasteiger partial charge on any atom is 0.154 e. The number of aromatic nitrogens is 4. The average Bonchev–Trinajstić information content (AvgIpc) is 3.10. The second-order valence-corrected chi connectivity index (χ2v) is 8.75. The van der Waals surface area contributed by atoms with Crippen LogP contribution in [0.4, 0.5) is 11.6 Å².